The van der Waals surface area contributed by atoms with Crippen LogP contribution in [0.1, 0.15) is 6.92 Å². The first-order chi connectivity index (χ1) is 13.7. The van der Waals surface area contributed by atoms with Gasteiger partial charge in [-0.15, -0.1) is 23.1 Å². The van der Waals surface area contributed by atoms with Crippen molar-refractivity contribution in [1.29, 1.82) is 0 Å². The van der Waals surface area contributed by atoms with Crippen molar-refractivity contribution >= 4 is 61.4 Å². The molecule has 1 aromatic heterocycles. The van der Waals surface area contributed by atoms with Crippen LogP contribution in [0.15, 0.2) is 58.8 Å². The quantitative estimate of drug-likeness (QED) is 0.480. The van der Waals surface area contributed by atoms with Crippen molar-refractivity contribution in [3.63, 3.8) is 0 Å². The average Bonchev–Trinajstić information content (AvgIpc) is 3.11. The number of hydrogen-bond donors (Lipinski definition) is 2. The third-order valence-electron chi connectivity index (χ3n) is 3.71. The van der Waals surface area contributed by atoms with Gasteiger partial charge in [0, 0.05) is 26.5 Å². The van der Waals surface area contributed by atoms with Gasteiger partial charge in [0.1, 0.15) is 0 Å². The van der Waals surface area contributed by atoms with Gasteiger partial charge in [-0.25, -0.2) is 13.4 Å². The van der Waals surface area contributed by atoms with Crippen molar-refractivity contribution in [2.45, 2.75) is 17.1 Å². The van der Waals surface area contributed by atoms with Crippen molar-refractivity contribution in [3.05, 3.63) is 58.9 Å². The predicted molar refractivity (Wildman–Crippen MR) is 121 cm³/mol. The number of rotatable bonds is 7. The first kappa shape index (κ1) is 21.6. The Hall–Kier alpha value is -2.07. The lowest BCUT2D eigenvalue weighted by Gasteiger charge is -2.10. The minimum atomic E-state index is -3.32. The van der Waals surface area contributed by atoms with Crippen LogP contribution >= 0.6 is 34.7 Å². The average molecular weight is 468 g/mol. The van der Waals surface area contributed by atoms with Gasteiger partial charge in [0.05, 0.1) is 17.2 Å². The zero-order valence-electron chi connectivity index (χ0n) is 15.5. The van der Waals surface area contributed by atoms with E-state index in [1.165, 1.54) is 23.1 Å². The fraction of sp³-hybridized carbons (Fsp3) is 0.158. The maximum Gasteiger partial charge on any atom is 0.239 e. The number of anilines is 2. The van der Waals surface area contributed by atoms with E-state index in [0.29, 0.717) is 21.5 Å². The molecule has 3 aromatic rings. The maximum absolute atomic E-state index is 12.5. The summed E-state index contributed by atoms with van der Waals surface area (Å²) in [6, 6.07) is 14.2. The Morgan fingerprint density at radius 1 is 1.14 bits per heavy atom. The number of halogens is 1. The van der Waals surface area contributed by atoms with E-state index in [1.807, 2.05) is 24.4 Å². The number of thiazole rings is 1. The van der Waals surface area contributed by atoms with E-state index in [0.717, 1.165) is 16.7 Å². The normalized spacial score (nSPS) is 12.4. The summed E-state index contributed by atoms with van der Waals surface area (Å²) in [5.74, 6) is -0.140. The topological polar surface area (TPSA) is 88.2 Å². The molecule has 29 heavy (non-hydrogen) atoms. The highest BCUT2D eigenvalue weighted by Crippen LogP contribution is 2.28. The molecule has 0 aliphatic carbocycles. The van der Waals surface area contributed by atoms with Crippen molar-refractivity contribution in [3.8, 4) is 11.3 Å². The third-order valence-corrected chi connectivity index (χ3v) is 6.44. The zero-order chi connectivity index (χ0) is 21.0. The van der Waals surface area contributed by atoms with Crippen LogP contribution in [-0.4, -0.2) is 30.8 Å². The summed E-state index contributed by atoms with van der Waals surface area (Å²) in [4.78, 5) is 17.9. The largest absolute Gasteiger partial charge is 0.301 e. The molecule has 1 atom stereocenters. The van der Waals surface area contributed by atoms with Crippen LogP contribution in [-0.2, 0) is 14.8 Å². The van der Waals surface area contributed by atoms with Crippen LogP contribution in [0, 0.1) is 0 Å². The predicted octanol–water partition coefficient (Wildman–Crippen LogP) is 4.95. The van der Waals surface area contributed by atoms with Crippen molar-refractivity contribution in [1.82, 2.24) is 4.98 Å². The van der Waals surface area contributed by atoms with Gasteiger partial charge in [-0.05, 0) is 43.3 Å². The Balaban J connectivity index is 1.62. The number of aromatic nitrogens is 1. The number of hydrogen-bond acceptors (Lipinski definition) is 6. The number of thioether (sulfide) groups is 1. The molecule has 0 aliphatic rings. The van der Waals surface area contributed by atoms with E-state index in [-0.39, 0.29) is 11.2 Å². The molecule has 1 unspecified atom stereocenters. The molecule has 0 saturated carbocycles. The van der Waals surface area contributed by atoms with Crippen LogP contribution in [0.5, 0.6) is 0 Å². The lowest BCUT2D eigenvalue weighted by Crippen LogP contribution is -2.22. The number of sulfonamides is 1. The molecule has 0 radical (unpaired) electrons. The summed E-state index contributed by atoms with van der Waals surface area (Å²) >= 11 is 8.65. The Morgan fingerprint density at radius 2 is 1.79 bits per heavy atom. The standard InChI is InChI=1S/C19H18ClN3O3S3/c1-12(28-16-9-5-14(20)6-10-16)18(24)22-19-21-17(11-27-19)13-3-7-15(8-4-13)23-29(2,25)26/h3-12,23H,1-2H3,(H,21,22,24). The highest BCUT2D eigenvalue weighted by atomic mass is 35.5. The monoisotopic (exact) mass is 467 g/mol. The molecule has 0 fully saturated rings. The first-order valence-electron chi connectivity index (χ1n) is 8.46. The summed E-state index contributed by atoms with van der Waals surface area (Å²) in [7, 11) is -3.32. The first-order valence-corrected chi connectivity index (χ1v) is 12.5. The molecular weight excluding hydrogens is 450 g/mol. The highest BCUT2D eigenvalue weighted by Gasteiger charge is 2.16. The molecule has 1 amide bonds. The fourth-order valence-corrected chi connectivity index (χ4v) is 4.64. The summed E-state index contributed by atoms with van der Waals surface area (Å²) < 4.78 is 25.0. The second-order valence-electron chi connectivity index (χ2n) is 6.19. The Kier molecular flexibility index (Phi) is 6.84. The molecular formula is C19H18ClN3O3S3. The molecule has 0 saturated heterocycles. The number of nitrogens with one attached hydrogen (secondary N) is 2. The summed E-state index contributed by atoms with van der Waals surface area (Å²) in [6.07, 6.45) is 1.10. The smallest absolute Gasteiger partial charge is 0.239 e. The van der Waals surface area contributed by atoms with Gasteiger partial charge < -0.3 is 5.32 Å². The van der Waals surface area contributed by atoms with Crippen molar-refractivity contribution in [2.75, 3.05) is 16.3 Å². The molecule has 0 spiro atoms. The Morgan fingerprint density at radius 3 is 2.41 bits per heavy atom. The lowest BCUT2D eigenvalue weighted by atomic mass is 10.1. The molecule has 3 rings (SSSR count). The summed E-state index contributed by atoms with van der Waals surface area (Å²) in [5.41, 5.74) is 2.01. The second kappa shape index (κ2) is 9.17. The van der Waals surface area contributed by atoms with Gasteiger partial charge in [0.25, 0.3) is 0 Å². The Labute approximate surface area is 182 Å². The SMILES string of the molecule is CC(Sc1ccc(Cl)cc1)C(=O)Nc1nc(-c2ccc(NS(C)(=O)=O)cc2)cs1. The summed E-state index contributed by atoms with van der Waals surface area (Å²) in [6.45, 7) is 1.83. The van der Waals surface area contributed by atoms with E-state index >= 15 is 0 Å². The molecule has 0 bridgehead atoms. The number of amides is 1. The third kappa shape index (κ3) is 6.46. The molecule has 152 valence electrons. The van der Waals surface area contributed by atoms with Crippen LogP contribution in [0.25, 0.3) is 11.3 Å². The molecule has 0 aliphatic heterocycles. The van der Waals surface area contributed by atoms with E-state index in [4.69, 9.17) is 11.6 Å². The maximum atomic E-state index is 12.5. The lowest BCUT2D eigenvalue weighted by molar-refractivity contribution is -0.115. The van der Waals surface area contributed by atoms with E-state index in [9.17, 15) is 13.2 Å². The zero-order valence-corrected chi connectivity index (χ0v) is 18.8. The molecule has 2 N–H and O–H groups in total. The summed E-state index contributed by atoms with van der Waals surface area (Å²) in [5, 5.41) is 5.53. The Bertz CT molecular complexity index is 1100. The molecule has 6 nitrogen and oxygen atoms in total. The highest BCUT2D eigenvalue weighted by molar-refractivity contribution is 8.00. The van der Waals surface area contributed by atoms with Crippen molar-refractivity contribution in [2.24, 2.45) is 0 Å². The molecule has 10 heteroatoms. The number of carbonyl (C=O) groups is 1. The van der Waals surface area contributed by atoms with Gasteiger partial charge in [0.2, 0.25) is 15.9 Å². The van der Waals surface area contributed by atoms with Gasteiger partial charge in [0.15, 0.2) is 5.13 Å². The van der Waals surface area contributed by atoms with E-state index < -0.39 is 10.0 Å². The second-order valence-corrected chi connectivity index (χ2v) is 10.6. The van der Waals surface area contributed by atoms with Crippen LogP contribution in [0.3, 0.4) is 0 Å². The van der Waals surface area contributed by atoms with Crippen LogP contribution in [0.2, 0.25) is 5.02 Å². The number of benzene rings is 2. The van der Waals surface area contributed by atoms with Gasteiger partial charge in [-0.1, -0.05) is 23.7 Å². The van der Waals surface area contributed by atoms with Gasteiger partial charge >= 0.3 is 0 Å². The van der Waals surface area contributed by atoms with Crippen LogP contribution in [0.4, 0.5) is 10.8 Å². The molecule has 1 heterocycles. The minimum absolute atomic E-state index is 0.140. The van der Waals surface area contributed by atoms with Crippen LogP contribution < -0.4 is 10.0 Å². The van der Waals surface area contributed by atoms with Crippen molar-refractivity contribution < 1.29 is 13.2 Å². The van der Waals surface area contributed by atoms with E-state index in [2.05, 4.69) is 15.0 Å². The molecule has 2 aromatic carbocycles. The van der Waals surface area contributed by atoms with E-state index in [1.54, 1.807) is 36.4 Å². The fourth-order valence-electron chi connectivity index (χ4n) is 2.36. The minimum Gasteiger partial charge on any atom is -0.301 e. The van der Waals surface area contributed by atoms with Gasteiger partial charge in [-0.3, -0.25) is 9.52 Å². The van der Waals surface area contributed by atoms with Gasteiger partial charge in [-0.2, -0.15) is 0 Å². The number of carbonyl (C=O) groups excluding carboxylic acids is 1. The number of nitrogens with zero attached hydrogens (tertiary/aromatic N) is 1.